The van der Waals surface area contributed by atoms with Crippen molar-refractivity contribution in [2.45, 2.75) is 71.5 Å². The molecule has 1 aliphatic carbocycles. The van der Waals surface area contributed by atoms with Crippen LogP contribution in [0, 0.1) is 5.41 Å². The van der Waals surface area contributed by atoms with Crippen molar-refractivity contribution in [2.75, 3.05) is 13.6 Å². The van der Waals surface area contributed by atoms with Crippen LogP contribution in [-0.4, -0.2) is 47.4 Å². The average molecular weight is 252 g/mol. The lowest BCUT2D eigenvalue weighted by Gasteiger charge is -2.37. The summed E-state index contributed by atoms with van der Waals surface area (Å²) in [5.74, 6) is 0.382. The summed E-state index contributed by atoms with van der Waals surface area (Å²) in [6, 6.07) is 1.36. The SMILES string of the molecule is CCCC(C)N1CC2(CC2)C(=O)N(C)C(C)C1C. The molecule has 3 nitrogen and oxygen atoms in total. The molecule has 1 aliphatic heterocycles. The van der Waals surface area contributed by atoms with E-state index in [0.29, 0.717) is 24.0 Å². The fraction of sp³-hybridized carbons (Fsp3) is 0.933. The summed E-state index contributed by atoms with van der Waals surface area (Å²) < 4.78 is 0. The van der Waals surface area contributed by atoms with Gasteiger partial charge in [0.25, 0.3) is 0 Å². The number of carbonyl (C=O) groups is 1. The summed E-state index contributed by atoms with van der Waals surface area (Å²) in [5, 5.41) is 0. The topological polar surface area (TPSA) is 23.6 Å². The quantitative estimate of drug-likeness (QED) is 0.770. The lowest BCUT2D eigenvalue weighted by Crippen LogP contribution is -2.48. The molecule has 104 valence electrons. The van der Waals surface area contributed by atoms with Crippen LogP contribution in [0.25, 0.3) is 0 Å². The lowest BCUT2D eigenvalue weighted by atomic mass is 10.0. The maximum Gasteiger partial charge on any atom is 0.230 e. The van der Waals surface area contributed by atoms with Gasteiger partial charge in [0.15, 0.2) is 0 Å². The van der Waals surface area contributed by atoms with E-state index in [2.05, 4.69) is 32.6 Å². The Hall–Kier alpha value is -0.570. The van der Waals surface area contributed by atoms with Crippen LogP contribution in [0.5, 0.6) is 0 Å². The smallest absolute Gasteiger partial charge is 0.230 e. The second kappa shape index (κ2) is 4.84. The minimum Gasteiger partial charge on any atom is -0.341 e. The van der Waals surface area contributed by atoms with Crippen molar-refractivity contribution in [3.05, 3.63) is 0 Å². The van der Waals surface area contributed by atoms with Crippen molar-refractivity contribution in [1.82, 2.24) is 9.80 Å². The fourth-order valence-corrected chi connectivity index (χ4v) is 3.38. The second-order valence-electron chi connectivity index (χ2n) is 6.49. The highest BCUT2D eigenvalue weighted by Crippen LogP contribution is 2.50. The Kier molecular flexibility index (Phi) is 3.72. The van der Waals surface area contributed by atoms with E-state index in [1.165, 1.54) is 12.8 Å². The summed E-state index contributed by atoms with van der Waals surface area (Å²) in [6.45, 7) is 10.0. The lowest BCUT2D eigenvalue weighted by molar-refractivity contribution is -0.136. The number of amides is 1. The van der Waals surface area contributed by atoms with Gasteiger partial charge in [0.2, 0.25) is 5.91 Å². The molecule has 1 saturated carbocycles. The molecular formula is C15H28N2O. The van der Waals surface area contributed by atoms with Crippen molar-refractivity contribution in [1.29, 1.82) is 0 Å². The third-order valence-corrected chi connectivity index (χ3v) is 5.22. The molecule has 0 aromatic heterocycles. The molecule has 1 saturated heterocycles. The first-order chi connectivity index (χ1) is 8.43. The zero-order valence-electron chi connectivity index (χ0n) is 12.6. The zero-order valence-corrected chi connectivity index (χ0v) is 12.6. The Morgan fingerprint density at radius 2 is 1.94 bits per heavy atom. The van der Waals surface area contributed by atoms with Gasteiger partial charge >= 0.3 is 0 Å². The van der Waals surface area contributed by atoms with E-state index in [1.54, 1.807) is 0 Å². The monoisotopic (exact) mass is 252 g/mol. The molecule has 0 bridgehead atoms. The summed E-state index contributed by atoms with van der Waals surface area (Å²) in [6.07, 6.45) is 4.62. The first kappa shape index (κ1) is 13.9. The van der Waals surface area contributed by atoms with Crippen LogP contribution in [-0.2, 0) is 4.79 Å². The average Bonchev–Trinajstić information content (AvgIpc) is 3.13. The number of nitrogens with zero attached hydrogens (tertiary/aromatic N) is 2. The van der Waals surface area contributed by atoms with Gasteiger partial charge in [-0.05, 0) is 40.0 Å². The first-order valence-corrected chi connectivity index (χ1v) is 7.46. The second-order valence-corrected chi connectivity index (χ2v) is 6.49. The van der Waals surface area contributed by atoms with Crippen LogP contribution < -0.4 is 0 Å². The third kappa shape index (κ3) is 2.18. The van der Waals surface area contributed by atoms with Gasteiger partial charge in [0.05, 0.1) is 5.41 Å². The van der Waals surface area contributed by atoms with E-state index in [1.807, 2.05) is 11.9 Å². The van der Waals surface area contributed by atoms with Gasteiger partial charge in [-0.25, -0.2) is 0 Å². The minimum atomic E-state index is -0.0320. The van der Waals surface area contributed by atoms with Crippen LogP contribution in [0.4, 0.5) is 0 Å². The van der Waals surface area contributed by atoms with Gasteiger partial charge < -0.3 is 4.90 Å². The number of rotatable bonds is 3. The Labute approximate surface area is 112 Å². The summed E-state index contributed by atoms with van der Waals surface area (Å²) in [7, 11) is 1.98. The summed E-state index contributed by atoms with van der Waals surface area (Å²) in [5.41, 5.74) is -0.0320. The van der Waals surface area contributed by atoms with E-state index >= 15 is 0 Å². The van der Waals surface area contributed by atoms with E-state index in [9.17, 15) is 4.79 Å². The molecule has 0 aromatic rings. The maximum atomic E-state index is 12.5. The van der Waals surface area contributed by atoms with Gasteiger partial charge in [-0.2, -0.15) is 0 Å². The molecule has 3 unspecified atom stereocenters. The van der Waals surface area contributed by atoms with E-state index in [0.717, 1.165) is 19.4 Å². The molecule has 2 rings (SSSR count). The molecular weight excluding hydrogens is 224 g/mol. The standard InChI is InChI=1S/C15H28N2O/c1-6-7-11(2)17-10-15(8-9-15)14(18)16(5)12(3)13(17)4/h11-13H,6-10H2,1-5H3. The van der Waals surface area contributed by atoms with Gasteiger partial charge in [-0.3, -0.25) is 9.69 Å². The Balaban J connectivity index is 2.22. The predicted molar refractivity (Wildman–Crippen MR) is 74.4 cm³/mol. The molecule has 0 aromatic carbocycles. The largest absolute Gasteiger partial charge is 0.341 e. The fourth-order valence-electron chi connectivity index (χ4n) is 3.38. The van der Waals surface area contributed by atoms with E-state index < -0.39 is 0 Å². The molecule has 18 heavy (non-hydrogen) atoms. The number of likely N-dealkylation sites (N-methyl/N-ethyl adjacent to an activating group) is 1. The number of hydrogen-bond acceptors (Lipinski definition) is 2. The molecule has 1 spiro atoms. The Morgan fingerprint density at radius 3 is 2.44 bits per heavy atom. The molecule has 1 amide bonds. The van der Waals surface area contributed by atoms with Crippen molar-refractivity contribution in [3.8, 4) is 0 Å². The van der Waals surface area contributed by atoms with Crippen LogP contribution in [0.2, 0.25) is 0 Å². The maximum absolute atomic E-state index is 12.5. The van der Waals surface area contributed by atoms with Gasteiger partial charge in [-0.15, -0.1) is 0 Å². The van der Waals surface area contributed by atoms with Crippen LogP contribution in [0.1, 0.15) is 53.4 Å². The van der Waals surface area contributed by atoms with Gasteiger partial charge in [-0.1, -0.05) is 13.3 Å². The van der Waals surface area contributed by atoms with Crippen LogP contribution in [0.3, 0.4) is 0 Å². The molecule has 0 N–H and O–H groups in total. The normalized spacial score (nSPS) is 33.6. The number of hydrogen-bond donors (Lipinski definition) is 0. The highest BCUT2D eigenvalue weighted by Gasteiger charge is 2.55. The molecule has 0 radical (unpaired) electrons. The van der Waals surface area contributed by atoms with Crippen LogP contribution >= 0.6 is 0 Å². The Bertz CT molecular complexity index is 324. The highest BCUT2D eigenvalue weighted by molar-refractivity contribution is 5.86. The number of carbonyl (C=O) groups excluding carboxylic acids is 1. The van der Waals surface area contributed by atoms with Crippen molar-refractivity contribution in [3.63, 3.8) is 0 Å². The summed E-state index contributed by atoms with van der Waals surface area (Å²) >= 11 is 0. The molecule has 3 heteroatoms. The molecule has 2 aliphatic rings. The van der Waals surface area contributed by atoms with Gasteiger partial charge in [0.1, 0.15) is 0 Å². The third-order valence-electron chi connectivity index (χ3n) is 5.22. The highest BCUT2D eigenvalue weighted by atomic mass is 16.2. The molecule has 2 fully saturated rings. The predicted octanol–water partition coefficient (Wildman–Crippen LogP) is 2.51. The van der Waals surface area contributed by atoms with E-state index in [4.69, 9.17) is 0 Å². The van der Waals surface area contributed by atoms with Crippen molar-refractivity contribution in [2.24, 2.45) is 5.41 Å². The molecule has 1 heterocycles. The van der Waals surface area contributed by atoms with Crippen molar-refractivity contribution < 1.29 is 4.79 Å². The zero-order chi connectivity index (χ0) is 13.5. The first-order valence-electron chi connectivity index (χ1n) is 7.46. The summed E-state index contributed by atoms with van der Waals surface area (Å²) in [4.78, 5) is 17.1. The Morgan fingerprint density at radius 1 is 1.33 bits per heavy atom. The minimum absolute atomic E-state index is 0.0320. The van der Waals surface area contributed by atoms with E-state index in [-0.39, 0.29) is 5.41 Å². The van der Waals surface area contributed by atoms with Gasteiger partial charge in [0, 0.05) is 31.7 Å². The molecule has 3 atom stereocenters. The van der Waals surface area contributed by atoms with Crippen molar-refractivity contribution >= 4 is 5.91 Å². The van der Waals surface area contributed by atoms with Crippen LogP contribution in [0.15, 0.2) is 0 Å².